The Hall–Kier alpha value is -0.910. The molecular weight excluding hydrogens is 318 g/mol. The largest absolute Gasteiger partial charge is 0.368 e. The third-order valence-electron chi connectivity index (χ3n) is 4.45. The first kappa shape index (κ1) is 14.0. The molecule has 1 amide bonds. The van der Waals surface area contributed by atoms with E-state index in [4.69, 9.17) is 5.73 Å². The molecule has 1 fully saturated rings. The predicted octanol–water partition coefficient (Wildman–Crippen LogP) is 1.07. The summed E-state index contributed by atoms with van der Waals surface area (Å²) < 4.78 is 1.15. The van der Waals surface area contributed by atoms with Crippen molar-refractivity contribution in [2.75, 3.05) is 19.6 Å². The van der Waals surface area contributed by atoms with Gasteiger partial charge in [-0.25, -0.2) is 0 Å². The Kier molecular flexibility index (Phi) is 4.10. The van der Waals surface area contributed by atoms with Gasteiger partial charge in [0, 0.05) is 30.1 Å². The normalized spacial score (nSPS) is 27.1. The van der Waals surface area contributed by atoms with Gasteiger partial charge in [-0.2, -0.15) is 0 Å². The molecule has 0 radical (unpaired) electrons. The molecule has 1 aromatic carbocycles. The summed E-state index contributed by atoms with van der Waals surface area (Å²) in [4.78, 5) is 13.9. The van der Waals surface area contributed by atoms with E-state index in [-0.39, 0.29) is 11.9 Å². The highest BCUT2D eigenvalue weighted by atomic mass is 79.9. The molecule has 5 heteroatoms. The van der Waals surface area contributed by atoms with Gasteiger partial charge < -0.3 is 11.1 Å². The van der Waals surface area contributed by atoms with Crippen LogP contribution in [0.1, 0.15) is 17.5 Å². The number of nitrogens with two attached hydrogens (primary N) is 1. The van der Waals surface area contributed by atoms with Gasteiger partial charge in [0.1, 0.15) is 6.04 Å². The standard InChI is InChI=1S/C15H20BrN3O/c16-12-3-1-11-8-13(4-2-10(11)7-12)19-6-5-18-9-14(19)15(17)20/h1,3,7,13-14,18H,2,4-6,8-9H2,(H2,17,20). The number of amides is 1. The van der Waals surface area contributed by atoms with Crippen molar-refractivity contribution in [3.05, 3.63) is 33.8 Å². The van der Waals surface area contributed by atoms with Gasteiger partial charge in [-0.1, -0.05) is 22.0 Å². The minimum absolute atomic E-state index is 0.161. The fraction of sp³-hybridized carbons (Fsp3) is 0.533. The summed E-state index contributed by atoms with van der Waals surface area (Å²) in [5.74, 6) is -0.209. The molecule has 2 aliphatic rings. The number of fused-ring (bicyclic) bond motifs is 1. The Bertz CT molecular complexity index is 520. The molecule has 0 spiro atoms. The van der Waals surface area contributed by atoms with Gasteiger partial charge in [0.15, 0.2) is 0 Å². The fourth-order valence-corrected chi connectivity index (χ4v) is 3.82. The molecular formula is C15H20BrN3O. The predicted molar refractivity (Wildman–Crippen MR) is 82.5 cm³/mol. The number of primary amides is 1. The Labute approximate surface area is 127 Å². The highest BCUT2D eigenvalue weighted by molar-refractivity contribution is 9.10. The van der Waals surface area contributed by atoms with Gasteiger partial charge in [0.05, 0.1) is 0 Å². The minimum Gasteiger partial charge on any atom is -0.368 e. The average molecular weight is 338 g/mol. The van der Waals surface area contributed by atoms with Crippen LogP contribution < -0.4 is 11.1 Å². The van der Waals surface area contributed by atoms with Crippen LogP contribution in [0.25, 0.3) is 0 Å². The van der Waals surface area contributed by atoms with Crippen LogP contribution in [0.4, 0.5) is 0 Å². The van der Waals surface area contributed by atoms with Crippen LogP contribution in [-0.4, -0.2) is 42.5 Å². The van der Waals surface area contributed by atoms with Crippen molar-refractivity contribution in [2.45, 2.75) is 31.3 Å². The number of hydrogen-bond donors (Lipinski definition) is 2. The van der Waals surface area contributed by atoms with Gasteiger partial charge in [0.2, 0.25) is 5.91 Å². The average Bonchev–Trinajstić information content (AvgIpc) is 2.46. The Morgan fingerprint density at radius 2 is 2.25 bits per heavy atom. The van der Waals surface area contributed by atoms with Crippen molar-refractivity contribution in [1.82, 2.24) is 10.2 Å². The molecule has 0 bridgehead atoms. The van der Waals surface area contributed by atoms with Crippen LogP contribution in [0, 0.1) is 0 Å². The van der Waals surface area contributed by atoms with Crippen molar-refractivity contribution in [3.63, 3.8) is 0 Å². The fourth-order valence-electron chi connectivity index (χ4n) is 3.41. The number of nitrogens with zero attached hydrogens (tertiary/aromatic N) is 1. The molecule has 0 saturated carbocycles. The molecule has 20 heavy (non-hydrogen) atoms. The van der Waals surface area contributed by atoms with E-state index in [2.05, 4.69) is 44.3 Å². The molecule has 1 aliphatic carbocycles. The van der Waals surface area contributed by atoms with Crippen LogP contribution >= 0.6 is 15.9 Å². The number of benzene rings is 1. The van der Waals surface area contributed by atoms with E-state index in [0.717, 1.165) is 36.8 Å². The molecule has 1 aliphatic heterocycles. The van der Waals surface area contributed by atoms with Gasteiger partial charge in [-0.05, 0) is 42.5 Å². The molecule has 1 heterocycles. The number of carbonyl (C=O) groups is 1. The van der Waals surface area contributed by atoms with Crippen molar-refractivity contribution in [2.24, 2.45) is 5.73 Å². The zero-order chi connectivity index (χ0) is 14.1. The maximum atomic E-state index is 11.6. The highest BCUT2D eigenvalue weighted by Crippen LogP contribution is 2.28. The summed E-state index contributed by atoms with van der Waals surface area (Å²) in [7, 11) is 0. The minimum atomic E-state index is -0.209. The quantitative estimate of drug-likeness (QED) is 0.848. The topological polar surface area (TPSA) is 58.4 Å². The number of piperazine rings is 1. The lowest BCUT2D eigenvalue weighted by Gasteiger charge is -2.42. The van der Waals surface area contributed by atoms with E-state index in [9.17, 15) is 4.79 Å². The summed E-state index contributed by atoms with van der Waals surface area (Å²) in [6.45, 7) is 2.52. The second-order valence-electron chi connectivity index (χ2n) is 5.67. The first-order valence-electron chi connectivity index (χ1n) is 7.18. The van der Waals surface area contributed by atoms with Gasteiger partial charge in [0.25, 0.3) is 0 Å². The molecule has 0 aromatic heterocycles. The number of halogens is 1. The van der Waals surface area contributed by atoms with E-state index in [1.54, 1.807) is 0 Å². The molecule has 3 rings (SSSR count). The van der Waals surface area contributed by atoms with Crippen molar-refractivity contribution >= 4 is 21.8 Å². The smallest absolute Gasteiger partial charge is 0.236 e. The Morgan fingerprint density at radius 3 is 3.05 bits per heavy atom. The number of rotatable bonds is 2. The lowest BCUT2D eigenvalue weighted by molar-refractivity contribution is -0.125. The number of carbonyl (C=O) groups excluding carboxylic acids is 1. The second-order valence-corrected chi connectivity index (χ2v) is 6.59. The molecule has 108 valence electrons. The Balaban J connectivity index is 1.78. The van der Waals surface area contributed by atoms with Crippen LogP contribution in [0.15, 0.2) is 22.7 Å². The lowest BCUT2D eigenvalue weighted by atomic mass is 9.86. The molecule has 2 atom stereocenters. The van der Waals surface area contributed by atoms with Crippen molar-refractivity contribution in [1.29, 1.82) is 0 Å². The first-order valence-corrected chi connectivity index (χ1v) is 7.97. The molecule has 3 N–H and O–H groups in total. The van der Waals surface area contributed by atoms with Crippen molar-refractivity contribution < 1.29 is 4.79 Å². The molecule has 2 unspecified atom stereocenters. The van der Waals surface area contributed by atoms with Gasteiger partial charge >= 0.3 is 0 Å². The maximum Gasteiger partial charge on any atom is 0.236 e. The molecule has 1 saturated heterocycles. The van der Waals surface area contributed by atoms with Gasteiger partial charge in [-0.3, -0.25) is 9.69 Å². The summed E-state index contributed by atoms with van der Waals surface area (Å²) in [6.07, 6.45) is 3.20. The van der Waals surface area contributed by atoms with E-state index < -0.39 is 0 Å². The molecule has 1 aromatic rings. The first-order chi connectivity index (χ1) is 9.65. The zero-order valence-corrected chi connectivity index (χ0v) is 13.0. The third kappa shape index (κ3) is 2.75. The number of aryl methyl sites for hydroxylation is 1. The SMILES string of the molecule is NC(=O)C1CNCCN1C1CCc2cc(Br)ccc2C1. The summed E-state index contributed by atoms with van der Waals surface area (Å²) in [6, 6.07) is 6.79. The van der Waals surface area contributed by atoms with Gasteiger partial charge in [-0.15, -0.1) is 0 Å². The van der Waals surface area contributed by atoms with Crippen molar-refractivity contribution in [3.8, 4) is 0 Å². The Morgan fingerprint density at radius 1 is 1.40 bits per heavy atom. The lowest BCUT2D eigenvalue weighted by Crippen LogP contribution is -2.60. The summed E-state index contributed by atoms with van der Waals surface area (Å²) >= 11 is 3.53. The number of nitrogens with one attached hydrogen (secondary N) is 1. The van der Waals surface area contributed by atoms with Crippen LogP contribution in [0.2, 0.25) is 0 Å². The summed E-state index contributed by atoms with van der Waals surface area (Å²) in [5.41, 5.74) is 8.39. The maximum absolute atomic E-state index is 11.6. The van der Waals surface area contributed by atoms with E-state index >= 15 is 0 Å². The number of hydrogen-bond acceptors (Lipinski definition) is 3. The third-order valence-corrected chi connectivity index (χ3v) is 4.95. The van der Waals surface area contributed by atoms with Crippen LogP contribution in [0.5, 0.6) is 0 Å². The second kappa shape index (κ2) is 5.84. The summed E-state index contributed by atoms with van der Waals surface area (Å²) in [5, 5.41) is 3.26. The van der Waals surface area contributed by atoms with E-state index in [1.807, 2.05) is 0 Å². The highest BCUT2D eigenvalue weighted by Gasteiger charge is 2.33. The van der Waals surface area contributed by atoms with Crippen LogP contribution in [0.3, 0.4) is 0 Å². The van der Waals surface area contributed by atoms with Crippen LogP contribution in [-0.2, 0) is 17.6 Å². The molecule has 4 nitrogen and oxygen atoms in total. The van der Waals surface area contributed by atoms with E-state index in [0.29, 0.717) is 12.6 Å². The van der Waals surface area contributed by atoms with E-state index in [1.165, 1.54) is 11.1 Å². The zero-order valence-electron chi connectivity index (χ0n) is 11.4. The monoisotopic (exact) mass is 337 g/mol.